The number of ether oxygens (including phenoxy) is 2. The van der Waals surface area contributed by atoms with Crippen molar-refractivity contribution in [3.8, 4) is 5.75 Å². The Hall–Kier alpha value is -1.26. The van der Waals surface area contributed by atoms with E-state index in [9.17, 15) is 4.79 Å². The van der Waals surface area contributed by atoms with Crippen LogP contribution in [0.3, 0.4) is 0 Å². The third-order valence-electron chi connectivity index (χ3n) is 2.42. The van der Waals surface area contributed by atoms with E-state index in [1.54, 1.807) is 30.2 Å². The fourth-order valence-corrected chi connectivity index (χ4v) is 1.81. The summed E-state index contributed by atoms with van der Waals surface area (Å²) in [5.74, 6) is 0.562. The van der Waals surface area contributed by atoms with Crippen molar-refractivity contribution in [3.05, 3.63) is 23.2 Å². The van der Waals surface area contributed by atoms with Crippen LogP contribution in [0, 0.1) is 0 Å². The molecule has 1 saturated heterocycles. The smallest absolute Gasteiger partial charge is 0.253 e. The topological polar surface area (TPSA) is 38.8 Å². The number of amides is 1. The van der Waals surface area contributed by atoms with E-state index in [-0.39, 0.29) is 12.5 Å². The summed E-state index contributed by atoms with van der Waals surface area (Å²) in [5.41, 5.74) is 0.698. The molecule has 0 bridgehead atoms. The minimum atomic E-state index is -0.0770. The molecule has 1 aromatic carbocycles. The van der Waals surface area contributed by atoms with Crippen LogP contribution in [-0.2, 0) is 9.53 Å². The van der Waals surface area contributed by atoms with E-state index in [1.807, 2.05) is 0 Å². The number of rotatable bonds is 2. The third-order valence-corrected chi connectivity index (χ3v) is 2.65. The molecule has 2 rings (SSSR count). The molecule has 0 N–H and O–H groups in total. The van der Waals surface area contributed by atoms with Crippen molar-refractivity contribution in [2.45, 2.75) is 0 Å². The maximum atomic E-state index is 11.7. The molecular weight excluding hydrogens is 230 g/mol. The second kappa shape index (κ2) is 4.72. The summed E-state index contributed by atoms with van der Waals surface area (Å²) in [5, 5.41) is 0.579. The summed E-state index contributed by atoms with van der Waals surface area (Å²) < 4.78 is 10.3. The number of hydrogen-bond acceptors (Lipinski definition) is 3. The molecule has 5 heteroatoms. The van der Waals surface area contributed by atoms with Gasteiger partial charge in [0.15, 0.2) is 0 Å². The largest absolute Gasteiger partial charge is 0.495 e. The fraction of sp³-hybridized carbons (Fsp3) is 0.364. The van der Waals surface area contributed by atoms with Crippen molar-refractivity contribution < 1.29 is 14.3 Å². The Morgan fingerprint density at radius 3 is 3.00 bits per heavy atom. The van der Waals surface area contributed by atoms with Gasteiger partial charge in [0.25, 0.3) is 5.91 Å². The Labute approximate surface area is 98.7 Å². The SMILES string of the molecule is COc1ccc(Cl)cc1N1CCOCC1=O. The molecule has 4 nitrogen and oxygen atoms in total. The zero-order valence-electron chi connectivity index (χ0n) is 8.90. The lowest BCUT2D eigenvalue weighted by molar-refractivity contribution is -0.125. The van der Waals surface area contributed by atoms with Crippen LogP contribution in [0.5, 0.6) is 5.75 Å². The monoisotopic (exact) mass is 241 g/mol. The van der Waals surface area contributed by atoms with Gasteiger partial charge in [0.1, 0.15) is 12.4 Å². The molecule has 0 radical (unpaired) electrons. The van der Waals surface area contributed by atoms with E-state index in [4.69, 9.17) is 21.1 Å². The fourth-order valence-electron chi connectivity index (χ4n) is 1.65. The van der Waals surface area contributed by atoms with Crippen LogP contribution in [0.25, 0.3) is 0 Å². The van der Waals surface area contributed by atoms with E-state index < -0.39 is 0 Å². The molecule has 0 aliphatic carbocycles. The van der Waals surface area contributed by atoms with Crippen LogP contribution in [0.2, 0.25) is 5.02 Å². The maximum Gasteiger partial charge on any atom is 0.253 e. The average molecular weight is 242 g/mol. The zero-order chi connectivity index (χ0) is 11.5. The quantitative estimate of drug-likeness (QED) is 0.791. The van der Waals surface area contributed by atoms with Gasteiger partial charge >= 0.3 is 0 Å². The van der Waals surface area contributed by atoms with Gasteiger partial charge < -0.3 is 14.4 Å². The first-order chi connectivity index (χ1) is 7.72. The normalized spacial score (nSPS) is 16.4. The van der Waals surface area contributed by atoms with E-state index >= 15 is 0 Å². The predicted molar refractivity (Wildman–Crippen MR) is 61.2 cm³/mol. The molecule has 1 amide bonds. The number of nitrogens with zero attached hydrogens (tertiary/aromatic N) is 1. The highest BCUT2D eigenvalue weighted by Crippen LogP contribution is 2.31. The molecule has 0 saturated carbocycles. The van der Waals surface area contributed by atoms with E-state index in [0.29, 0.717) is 29.6 Å². The van der Waals surface area contributed by atoms with Gasteiger partial charge in [0, 0.05) is 11.6 Å². The van der Waals surface area contributed by atoms with Crippen molar-refractivity contribution >= 4 is 23.2 Å². The van der Waals surface area contributed by atoms with E-state index in [2.05, 4.69) is 0 Å². The Kier molecular flexibility index (Phi) is 3.31. The van der Waals surface area contributed by atoms with Crippen LogP contribution in [0.15, 0.2) is 18.2 Å². The molecule has 1 aliphatic heterocycles. The van der Waals surface area contributed by atoms with Crippen molar-refractivity contribution in [2.75, 3.05) is 31.8 Å². The maximum absolute atomic E-state index is 11.7. The van der Waals surface area contributed by atoms with Crippen molar-refractivity contribution in [1.29, 1.82) is 0 Å². The van der Waals surface area contributed by atoms with Gasteiger partial charge in [-0.25, -0.2) is 0 Å². The number of methoxy groups -OCH3 is 1. The van der Waals surface area contributed by atoms with E-state index in [0.717, 1.165) is 0 Å². The summed E-state index contributed by atoms with van der Waals surface area (Å²) in [6.45, 7) is 1.16. The lowest BCUT2D eigenvalue weighted by Gasteiger charge is -2.28. The summed E-state index contributed by atoms with van der Waals surface area (Å²) >= 11 is 5.92. The molecule has 1 heterocycles. The highest BCUT2D eigenvalue weighted by molar-refractivity contribution is 6.31. The van der Waals surface area contributed by atoms with Crippen LogP contribution < -0.4 is 9.64 Å². The van der Waals surface area contributed by atoms with Crippen molar-refractivity contribution in [1.82, 2.24) is 0 Å². The molecule has 1 fully saturated rings. The second-order valence-electron chi connectivity index (χ2n) is 3.41. The highest BCUT2D eigenvalue weighted by Gasteiger charge is 2.23. The lowest BCUT2D eigenvalue weighted by atomic mass is 10.2. The van der Waals surface area contributed by atoms with Crippen LogP contribution >= 0.6 is 11.6 Å². The summed E-state index contributed by atoms with van der Waals surface area (Å²) in [7, 11) is 1.57. The second-order valence-corrected chi connectivity index (χ2v) is 3.85. The van der Waals surface area contributed by atoms with Crippen LogP contribution in [0.1, 0.15) is 0 Å². The highest BCUT2D eigenvalue weighted by atomic mass is 35.5. The first-order valence-corrected chi connectivity index (χ1v) is 5.32. The Morgan fingerprint density at radius 2 is 2.31 bits per heavy atom. The summed E-state index contributed by atoms with van der Waals surface area (Å²) in [6, 6.07) is 5.21. The van der Waals surface area contributed by atoms with Gasteiger partial charge in [0.2, 0.25) is 0 Å². The number of morpholine rings is 1. The number of carbonyl (C=O) groups excluding carboxylic acids is 1. The number of benzene rings is 1. The molecule has 1 aromatic rings. The number of halogens is 1. The molecule has 1 aliphatic rings. The van der Waals surface area contributed by atoms with E-state index in [1.165, 1.54) is 0 Å². The van der Waals surface area contributed by atoms with Gasteiger partial charge in [-0.15, -0.1) is 0 Å². The minimum absolute atomic E-state index is 0.0770. The average Bonchev–Trinajstić information content (AvgIpc) is 2.29. The van der Waals surface area contributed by atoms with Gasteiger partial charge in [0.05, 0.1) is 19.4 Å². The van der Waals surface area contributed by atoms with Crippen LogP contribution in [-0.4, -0.2) is 32.8 Å². The summed E-state index contributed by atoms with van der Waals surface area (Å²) in [4.78, 5) is 13.3. The Bertz CT molecular complexity index is 408. The van der Waals surface area contributed by atoms with Crippen molar-refractivity contribution in [3.63, 3.8) is 0 Å². The first kappa shape index (κ1) is 11.2. The van der Waals surface area contributed by atoms with Gasteiger partial charge in [-0.2, -0.15) is 0 Å². The van der Waals surface area contributed by atoms with Crippen LogP contribution in [0.4, 0.5) is 5.69 Å². The molecule has 0 atom stereocenters. The number of hydrogen-bond donors (Lipinski definition) is 0. The number of anilines is 1. The standard InChI is InChI=1S/C11H12ClNO3/c1-15-10-3-2-8(12)6-9(10)13-4-5-16-7-11(13)14/h2-3,6H,4-5,7H2,1H3. The number of carbonyl (C=O) groups is 1. The molecule has 86 valence electrons. The summed E-state index contributed by atoms with van der Waals surface area (Å²) in [6.07, 6.45) is 0. The predicted octanol–water partition coefficient (Wildman–Crippen LogP) is 1.71. The minimum Gasteiger partial charge on any atom is -0.495 e. The molecule has 0 aromatic heterocycles. The zero-order valence-corrected chi connectivity index (χ0v) is 9.66. The molecule has 0 unspecified atom stereocenters. The van der Waals surface area contributed by atoms with Gasteiger partial charge in [-0.3, -0.25) is 4.79 Å². The third kappa shape index (κ3) is 2.13. The molecular formula is C11H12ClNO3. The first-order valence-electron chi connectivity index (χ1n) is 4.94. The Balaban J connectivity index is 2.36. The van der Waals surface area contributed by atoms with Gasteiger partial charge in [-0.05, 0) is 18.2 Å². The van der Waals surface area contributed by atoms with Gasteiger partial charge in [-0.1, -0.05) is 11.6 Å². The molecule has 0 spiro atoms. The van der Waals surface area contributed by atoms with Crippen molar-refractivity contribution in [2.24, 2.45) is 0 Å². The Morgan fingerprint density at radius 1 is 1.50 bits per heavy atom. The lowest BCUT2D eigenvalue weighted by Crippen LogP contribution is -2.41. The molecule has 16 heavy (non-hydrogen) atoms.